The Morgan fingerprint density at radius 2 is 2.23 bits per heavy atom. The first-order valence-electron chi connectivity index (χ1n) is 6.42. The minimum atomic E-state index is -4.32. The quantitative estimate of drug-likeness (QED) is 0.605. The summed E-state index contributed by atoms with van der Waals surface area (Å²) in [6, 6.07) is 1.44. The summed E-state index contributed by atoms with van der Waals surface area (Å²) in [6.45, 7) is 1.73. The third kappa shape index (κ3) is 3.72. The Labute approximate surface area is 126 Å². The number of rotatable bonds is 5. The Morgan fingerprint density at radius 3 is 2.77 bits per heavy atom. The Balaban J connectivity index is 2.21. The molecule has 1 aliphatic heterocycles. The summed E-state index contributed by atoms with van der Waals surface area (Å²) in [5.74, 6) is -0.276. The van der Waals surface area contributed by atoms with Gasteiger partial charge in [0.2, 0.25) is 0 Å². The number of aromatic nitrogens is 2. The Kier molecular flexibility index (Phi) is 5.00. The van der Waals surface area contributed by atoms with Crippen LogP contribution in [0, 0.1) is 5.92 Å². The molecule has 2 heterocycles. The van der Waals surface area contributed by atoms with Crippen LogP contribution >= 0.6 is 7.60 Å². The highest BCUT2D eigenvalue weighted by atomic mass is 31.2. The molecule has 4 N–H and O–H groups in total. The first-order valence-corrected chi connectivity index (χ1v) is 8.22. The minimum absolute atomic E-state index is 0.0792. The molecule has 0 bridgehead atoms. The number of nitrogens with two attached hydrogens (primary N) is 1. The van der Waals surface area contributed by atoms with Crippen LogP contribution in [0.3, 0.4) is 0 Å². The van der Waals surface area contributed by atoms with Gasteiger partial charge in [0.25, 0.3) is 0 Å². The number of hydrogen-bond acceptors (Lipinski definition) is 7. The number of anilines is 1. The van der Waals surface area contributed by atoms with Crippen molar-refractivity contribution >= 4 is 13.4 Å². The highest BCUT2D eigenvalue weighted by molar-refractivity contribution is 7.51. The highest BCUT2D eigenvalue weighted by Gasteiger charge is 2.45. The maximum atomic E-state index is 11.9. The molecule has 1 aliphatic rings. The molecule has 10 nitrogen and oxygen atoms in total. The molecule has 2 rings (SSSR count). The van der Waals surface area contributed by atoms with Gasteiger partial charge in [-0.1, -0.05) is 6.92 Å². The SMILES string of the molecule is CO[C@H]1C(C)[C@@H](OCP(=O)(O)O)O[C@H]1n1ccc(N)nc1=O. The average Bonchev–Trinajstić information content (AvgIpc) is 2.72. The van der Waals surface area contributed by atoms with Crippen LogP contribution < -0.4 is 11.4 Å². The van der Waals surface area contributed by atoms with Crippen LogP contribution in [0.15, 0.2) is 17.1 Å². The molecule has 11 heteroatoms. The maximum Gasteiger partial charge on any atom is 0.351 e. The zero-order chi connectivity index (χ0) is 16.5. The largest absolute Gasteiger partial charge is 0.383 e. The third-order valence-electron chi connectivity index (χ3n) is 3.31. The third-order valence-corrected chi connectivity index (χ3v) is 3.79. The summed E-state index contributed by atoms with van der Waals surface area (Å²) < 4.78 is 28.1. The zero-order valence-corrected chi connectivity index (χ0v) is 12.9. The predicted octanol–water partition coefficient (Wildman–Crippen LogP) is -0.517. The molecule has 4 atom stereocenters. The number of hydrogen-bond donors (Lipinski definition) is 3. The van der Waals surface area contributed by atoms with Gasteiger partial charge in [-0.3, -0.25) is 9.13 Å². The van der Waals surface area contributed by atoms with Crippen molar-refractivity contribution in [3.63, 3.8) is 0 Å². The van der Waals surface area contributed by atoms with Crippen molar-refractivity contribution < 1.29 is 28.6 Å². The second kappa shape index (κ2) is 6.45. The van der Waals surface area contributed by atoms with Gasteiger partial charge in [0.05, 0.1) is 0 Å². The molecule has 22 heavy (non-hydrogen) atoms. The van der Waals surface area contributed by atoms with Crippen molar-refractivity contribution in [3.05, 3.63) is 22.7 Å². The summed E-state index contributed by atoms with van der Waals surface area (Å²) in [5.41, 5.74) is 4.82. The van der Waals surface area contributed by atoms with E-state index in [1.807, 2.05) is 0 Å². The standard InChI is InChI=1S/C11H18N3O7P/c1-6-8(19-2)9(14-4-3-7(12)13-11(14)15)21-10(6)20-5-22(16,17)18/h3-4,6,8-10H,5H2,1-2H3,(H2,12,13,15)(H2,16,17,18)/t6?,8-,9+,10-/m0/s1. The van der Waals surface area contributed by atoms with Crippen LogP contribution in [0.25, 0.3) is 0 Å². The van der Waals surface area contributed by atoms with Crippen molar-refractivity contribution in [1.82, 2.24) is 9.55 Å². The van der Waals surface area contributed by atoms with Crippen molar-refractivity contribution in [3.8, 4) is 0 Å². The van der Waals surface area contributed by atoms with Crippen LogP contribution in [0.4, 0.5) is 5.82 Å². The van der Waals surface area contributed by atoms with Gasteiger partial charge < -0.3 is 29.7 Å². The van der Waals surface area contributed by atoms with Crippen LogP contribution in [-0.2, 0) is 18.8 Å². The van der Waals surface area contributed by atoms with E-state index in [0.717, 1.165) is 0 Å². The van der Waals surface area contributed by atoms with Crippen molar-refractivity contribution in [2.24, 2.45) is 5.92 Å². The molecular formula is C11H18N3O7P. The Morgan fingerprint density at radius 1 is 1.55 bits per heavy atom. The molecule has 124 valence electrons. The van der Waals surface area contributed by atoms with Crippen LogP contribution in [-0.4, -0.2) is 45.2 Å². The summed E-state index contributed by atoms with van der Waals surface area (Å²) >= 11 is 0. The van der Waals surface area contributed by atoms with Gasteiger partial charge in [-0.2, -0.15) is 4.98 Å². The van der Waals surface area contributed by atoms with E-state index < -0.39 is 38.3 Å². The number of methoxy groups -OCH3 is 1. The Hall–Kier alpha value is -1.29. The number of ether oxygens (including phenoxy) is 3. The van der Waals surface area contributed by atoms with E-state index in [4.69, 9.17) is 29.7 Å². The maximum absolute atomic E-state index is 11.9. The molecule has 0 aliphatic carbocycles. The van der Waals surface area contributed by atoms with Gasteiger partial charge in [0.1, 0.15) is 11.9 Å². The second-order valence-electron chi connectivity index (χ2n) is 4.96. The predicted molar refractivity (Wildman–Crippen MR) is 74.8 cm³/mol. The van der Waals surface area contributed by atoms with Crippen molar-refractivity contribution in [2.75, 3.05) is 19.2 Å². The summed E-state index contributed by atoms with van der Waals surface area (Å²) in [7, 11) is -2.88. The number of nitrogen functional groups attached to an aromatic ring is 1. The highest BCUT2D eigenvalue weighted by Crippen LogP contribution is 2.40. The monoisotopic (exact) mass is 335 g/mol. The molecule has 1 fully saturated rings. The van der Waals surface area contributed by atoms with E-state index in [1.54, 1.807) is 6.92 Å². The molecule has 1 saturated heterocycles. The van der Waals surface area contributed by atoms with Gasteiger partial charge in [-0.05, 0) is 6.07 Å². The van der Waals surface area contributed by atoms with Gasteiger partial charge in [-0.25, -0.2) is 4.79 Å². The Bertz CT molecular complexity index is 630. The molecule has 1 unspecified atom stereocenters. The van der Waals surface area contributed by atoms with E-state index in [2.05, 4.69) is 4.98 Å². The van der Waals surface area contributed by atoms with Crippen LogP contribution in [0.2, 0.25) is 0 Å². The minimum Gasteiger partial charge on any atom is -0.383 e. The second-order valence-corrected chi connectivity index (χ2v) is 6.54. The average molecular weight is 335 g/mol. The fourth-order valence-electron chi connectivity index (χ4n) is 2.29. The van der Waals surface area contributed by atoms with Gasteiger partial charge in [0, 0.05) is 19.2 Å². The fourth-order valence-corrected chi connectivity index (χ4v) is 2.63. The zero-order valence-electron chi connectivity index (χ0n) is 12.0. The molecule has 0 amide bonds. The van der Waals surface area contributed by atoms with Gasteiger partial charge >= 0.3 is 13.3 Å². The number of nitrogens with zero attached hydrogens (tertiary/aromatic N) is 2. The van der Waals surface area contributed by atoms with E-state index in [0.29, 0.717) is 0 Å². The van der Waals surface area contributed by atoms with E-state index >= 15 is 0 Å². The first-order chi connectivity index (χ1) is 10.2. The van der Waals surface area contributed by atoms with E-state index in [-0.39, 0.29) is 11.7 Å². The van der Waals surface area contributed by atoms with Gasteiger partial charge in [0.15, 0.2) is 18.9 Å². The molecule has 0 radical (unpaired) electrons. The lowest BCUT2D eigenvalue weighted by Crippen LogP contribution is -2.34. The van der Waals surface area contributed by atoms with E-state index in [9.17, 15) is 9.36 Å². The normalized spacial score (nSPS) is 28.9. The smallest absolute Gasteiger partial charge is 0.351 e. The molecule has 1 aromatic heterocycles. The lowest BCUT2D eigenvalue weighted by molar-refractivity contribution is -0.156. The van der Waals surface area contributed by atoms with Crippen molar-refractivity contribution in [2.45, 2.75) is 25.5 Å². The summed E-state index contributed by atoms with van der Waals surface area (Å²) in [5, 5.41) is 0. The van der Waals surface area contributed by atoms with Gasteiger partial charge in [-0.15, -0.1) is 0 Å². The lowest BCUT2D eigenvalue weighted by atomic mass is 10.1. The molecule has 1 aromatic rings. The topological polar surface area (TPSA) is 146 Å². The van der Waals surface area contributed by atoms with Crippen LogP contribution in [0.1, 0.15) is 13.2 Å². The lowest BCUT2D eigenvalue weighted by Gasteiger charge is -2.20. The van der Waals surface area contributed by atoms with Crippen LogP contribution in [0.5, 0.6) is 0 Å². The van der Waals surface area contributed by atoms with Crippen molar-refractivity contribution in [1.29, 1.82) is 0 Å². The summed E-state index contributed by atoms with van der Waals surface area (Å²) in [6.07, 6.45) is -1.67. The molecule has 0 aromatic carbocycles. The summed E-state index contributed by atoms with van der Waals surface area (Å²) in [4.78, 5) is 33.2. The molecule has 0 saturated carbocycles. The first kappa shape index (κ1) is 17.1. The molecular weight excluding hydrogens is 317 g/mol. The molecule has 0 spiro atoms. The fraction of sp³-hybridized carbons (Fsp3) is 0.636. The van der Waals surface area contributed by atoms with E-state index in [1.165, 1.54) is 23.9 Å².